The summed E-state index contributed by atoms with van der Waals surface area (Å²) in [7, 11) is 0. The third-order valence-corrected chi connectivity index (χ3v) is 2.56. The number of aromatic nitrogens is 2. The minimum absolute atomic E-state index is 0.323. The van der Waals surface area contributed by atoms with E-state index in [1.54, 1.807) is 24.4 Å². The Labute approximate surface area is 102 Å². The van der Waals surface area contributed by atoms with Crippen molar-refractivity contribution in [3.8, 4) is 11.3 Å². The van der Waals surface area contributed by atoms with Crippen LogP contribution in [0.4, 0.5) is 0 Å². The van der Waals surface area contributed by atoms with E-state index in [0.29, 0.717) is 20.9 Å². The molecule has 1 aromatic carbocycles. The second-order valence-electron chi connectivity index (χ2n) is 2.85. The molecule has 0 aliphatic carbocycles. The third-order valence-electron chi connectivity index (χ3n) is 1.81. The zero-order chi connectivity index (χ0) is 10.8. The second kappa shape index (κ2) is 4.35. The largest absolute Gasteiger partial charge is 0.259 e. The Bertz CT molecular complexity index is 500. The third kappa shape index (κ3) is 2.40. The maximum atomic E-state index is 6.01. The lowest BCUT2D eigenvalue weighted by Gasteiger charge is -2.03. The van der Waals surface area contributed by atoms with Crippen molar-refractivity contribution in [3.05, 3.63) is 45.8 Å². The van der Waals surface area contributed by atoms with Crippen LogP contribution in [-0.4, -0.2) is 9.97 Å². The maximum Gasteiger partial charge on any atom is 0.148 e. The zero-order valence-corrected chi connectivity index (χ0v) is 9.68. The van der Waals surface area contributed by atoms with Gasteiger partial charge in [0.25, 0.3) is 0 Å². The summed E-state index contributed by atoms with van der Waals surface area (Å²) >= 11 is 17.6. The summed E-state index contributed by atoms with van der Waals surface area (Å²) in [6.07, 6.45) is 3.05. The Kier molecular flexibility index (Phi) is 3.10. The van der Waals surface area contributed by atoms with Crippen LogP contribution in [0.5, 0.6) is 0 Å². The van der Waals surface area contributed by atoms with E-state index >= 15 is 0 Å². The molecule has 1 heterocycles. The van der Waals surface area contributed by atoms with Crippen molar-refractivity contribution in [2.24, 2.45) is 0 Å². The van der Waals surface area contributed by atoms with Crippen molar-refractivity contribution < 1.29 is 0 Å². The highest BCUT2D eigenvalue weighted by Gasteiger charge is 2.06. The molecule has 0 saturated carbocycles. The Morgan fingerprint density at radius 2 is 1.80 bits per heavy atom. The number of hydrogen-bond acceptors (Lipinski definition) is 2. The highest BCUT2D eigenvalue weighted by atomic mass is 35.5. The van der Waals surface area contributed by atoms with Crippen LogP contribution < -0.4 is 0 Å². The number of hydrogen-bond donors (Lipinski definition) is 0. The predicted molar refractivity (Wildman–Crippen MR) is 62.5 cm³/mol. The summed E-state index contributed by atoms with van der Waals surface area (Å²) in [5, 5.41) is 1.48. The first-order valence-corrected chi connectivity index (χ1v) is 5.23. The molecular weight excluding hydrogens is 254 g/mol. The van der Waals surface area contributed by atoms with Crippen molar-refractivity contribution >= 4 is 34.8 Å². The van der Waals surface area contributed by atoms with Crippen LogP contribution in [0.2, 0.25) is 15.2 Å². The first-order chi connectivity index (χ1) is 7.16. The highest BCUT2D eigenvalue weighted by Crippen LogP contribution is 2.29. The van der Waals surface area contributed by atoms with Gasteiger partial charge in [-0.3, -0.25) is 4.98 Å². The molecule has 2 aromatic rings. The van der Waals surface area contributed by atoms with Gasteiger partial charge in [-0.2, -0.15) is 0 Å². The predicted octanol–water partition coefficient (Wildman–Crippen LogP) is 4.10. The van der Waals surface area contributed by atoms with Gasteiger partial charge in [0, 0.05) is 10.6 Å². The molecule has 15 heavy (non-hydrogen) atoms. The molecule has 0 radical (unpaired) electrons. The molecule has 1 aromatic heterocycles. The number of benzene rings is 1. The Hall–Kier alpha value is -0.830. The fourth-order valence-corrected chi connectivity index (χ4v) is 1.70. The lowest BCUT2D eigenvalue weighted by Crippen LogP contribution is -1.87. The van der Waals surface area contributed by atoms with Crippen molar-refractivity contribution in [3.63, 3.8) is 0 Å². The molecule has 2 rings (SSSR count). The molecule has 0 saturated heterocycles. The molecule has 2 nitrogen and oxygen atoms in total. The van der Waals surface area contributed by atoms with Crippen LogP contribution in [0.3, 0.4) is 0 Å². The van der Waals surface area contributed by atoms with E-state index < -0.39 is 0 Å². The fraction of sp³-hybridized carbons (Fsp3) is 0. The number of nitrogens with zero attached hydrogens (tertiary/aromatic N) is 2. The minimum atomic E-state index is 0.323. The van der Waals surface area contributed by atoms with Crippen molar-refractivity contribution in [2.45, 2.75) is 0 Å². The zero-order valence-electron chi connectivity index (χ0n) is 7.42. The fourth-order valence-electron chi connectivity index (χ4n) is 1.17. The molecule has 0 fully saturated rings. The summed E-state index contributed by atoms with van der Waals surface area (Å²) in [4.78, 5) is 8.04. The maximum absolute atomic E-state index is 6.01. The minimum Gasteiger partial charge on any atom is -0.259 e. The van der Waals surface area contributed by atoms with E-state index in [0.717, 1.165) is 5.56 Å². The van der Waals surface area contributed by atoms with Gasteiger partial charge in [0.05, 0.1) is 23.1 Å². The molecule has 5 heteroatoms. The van der Waals surface area contributed by atoms with Crippen molar-refractivity contribution in [2.75, 3.05) is 0 Å². The van der Waals surface area contributed by atoms with Crippen LogP contribution in [0.15, 0.2) is 30.6 Å². The van der Waals surface area contributed by atoms with Gasteiger partial charge in [-0.1, -0.05) is 34.8 Å². The SMILES string of the molecule is Clc1ccc(Cl)c(-c2cncc(Cl)n2)c1. The van der Waals surface area contributed by atoms with Crippen molar-refractivity contribution in [1.82, 2.24) is 9.97 Å². The topological polar surface area (TPSA) is 25.8 Å². The van der Waals surface area contributed by atoms with Gasteiger partial charge < -0.3 is 0 Å². The van der Waals surface area contributed by atoms with Gasteiger partial charge in [0.1, 0.15) is 5.15 Å². The molecule has 76 valence electrons. The molecule has 0 bridgehead atoms. The van der Waals surface area contributed by atoms with Gasteiger partial charge in [0.15, 0.2) is 0 Å². The Balaban J connectivity index is 2.58. The lowest BCUT2D eigenvalue weighted by molar-refractivity contribution is 1.21. The molecule has 0 aliphatic rings. The molecular formula is C10H5Cl3N2. The van der Waals surface area contributed by atoms with E-state index in [-0.39, 0.29) is 0 Å². The Morgan fingerprint density at radius 3 is 2.53 bits per heavy atom. The first kappa shape index (κ1) is 10.7. The quantitative estimate of drug-likeness (QED) is 0.770. The summed E-state index contributed by atoms with van der Waals surface area (Å²) in [5.41, 5.74) is 1.33. The average molecular weight is 260 g/mol. The molecule has 0 atom stereocenters. The molecule has 0 unspecified atom stereocenters. The van der Waals surface area contributed by atoms with Gasteiger partial charge in [-0.05, 0) is 18.2 Å². The normalized spacial score (nSPS) is 10.3. The molecule has 0 N–H and O–H groups in total. The summed E-state index contributed by atoms with van der Waals surface area (Å²) in [6, 6.07) is 5.15. The molecule has 0 spiro atoms. The summed E-state index contributed by atoms with van der Waals surface area (Å²) in [5.74, 6) is 0. The van der Waals surface area contributed by atoms with Gasteiger partial charge in [-0.15, -0.1) is 0 Å². The van der Waals surface area contributed by atoms with E-state index in [2.05, 4.69) is 9.97 Å². The van der Waals surface area contributed by atoms with Crippen LogP contribution in [0, 0.1) is 0 Å². The van der Waals surface area contributed by atoms with E-state index in [1.165, 1.54) is 6.20 Å². The summed E-state index contributed by atoms with van der Waals surface area (Å²) < 4.78 is 0. The van der Waals surface area contributed by atoms with E-state index in [4.69, 9.17) is 34.8 Å². The smallest absolute Gasteiger partial charge is 0.148 e. The lowest BCUT2D eigenvalue weighted by atomic mass is 10.1. The first-order valence-electron chi connectivity index (χ1n) is 4.10. The van der Waals surface area contributed by atoms with E-state index in [1.807, 2.05) is 0 Å². The highest BCUT2D eigenvalue weighted by molar-refractivity contribution is 6.35. The standard InChI is InChI=1S/C10H5Cl3N2/c11-6-1-2-8(12)7(3-6)9-4-14-5-10(13)15-9/h1-5H. The Morgan fingerprint density at radius 1 is 1.00 bits per heavy atom. The molecule has 0 amide bonds. The summed E-state index contributed by atoms with van der Waals surface area (Å²) in [6.45, 7) is 0. The second-order valence-corrected chi connectivity index (χ2v) is 4.08. The molecule has 0 aliphatic heterocycles. The van der Waals surface area contributed by atoms with Gasteiger partial charge in [0.2, 0.25) is 0 Å². The van der Waals surface area contributed by atoms with Crippen LogP contribution in [-0.2, 0) is 0 Å². The van der Waals surface area contributed by atoms with Crippen molar-refractivity contribution in [1.29, 1.82) is 0 Å². The van der Waals surface area contributed by atoms with Crippen LogP contribution in [0.1, 0.15) is 0 Å². The van der Waals surface area contributed by atoms with Gasteiger partial charge >= 0.3 is 0 Å². The van der Waals surface area contributed by atoms with Gasteiger partial charge in [-0.25, -0.2) is 4.98 Å². The monoisotopic (exact) mass is 258 g/mol. The van der Waals surface area contributed by atoms with Crippen LogP contribution >= 0.6 is 34.8 Å². The number of rotatable bonds is 1. The number of halogens is 3. The average Bonchev–Trinajstić information content (AvgIpc) is 2.22. The van der Waals surface area contributed by atoms with E-state index in [9.17, 15) is 0 Å². The van der Waals surface area contributed by atoms with Crippen LogP contribution in [0.25, 0.3) is 11.3 Å².